The molecule has 4 aromatic rings. The predicted octanol–water partition coefficient (Wildman–Crippen LogP) is 4.55. The van der Waals surface area contributed by atoms with E-state index < -0.39 is 7.25 Å². The van der Waals surface area contributed by atoms with Crippen molar-refractivity contribution in [2.75, 3.05) is 7.11 Å². The van der Waals surface area contributed by atoms with Gasteiger partial charge < -0.3 is 26.4 Å². The Labute approximate surface area is 188 Å². The topological polar surface area (TPSA) is 49.2 Å². The molecular weight excluding hydrogens is 435 g/mol. The third kappa shape index (κ3) is 7.20. The van der Waals surface area contributed by atoms with Crippen molar-refractivity contribution < 1.29 is 31.4 Å². The van der Waals surface area contributed by atoms with Crippen LogP contribution in [0.4, 0.5) is 17.3 Å². The first kappa shape index (κ1) is 24.0. The molecule has 2 aromatic carbocycles. The molecule has 0 unspecified atom stereocenters. The minimum atomic E-state index is -6.00. The van der Waals surface area contributed by atoms with Crippen LogP contribution in [0.15, 0.2) is 77.5 Å². The second-order valence-electron chi connectivity index (χ2n) is 7.15. The summed E-state index contributed by atoms with van der Waals surface area (Å²) < 4.78 is 50.5. The van der Waals surface area contributed by atoms with E-state index in [1.807, 2.05) is 36.5 Å². The van der Waals surface area contributed by atoms with Crippen molar-refractivity contribution in [2.24, 2.45) is 0 Å². The average molecular weight is 458 g/mol. The molecule has 33 heavy (non-hydrogen) atoms. The molecule has 2 aromatic heterocycles. The van der Waals surface area contributed by atoms with Crippen LogP contribution >= 0.6 is 0 Å². The fourth-order valence-electron chi connectivity index (χ4n) is 3.20. The Kier molecular flexibility index (Phi) is 7.87. The number of hydrogen-bond acceptors (Lipinski definition) is 3. The van der Waals surface area contributed by atoms with E-state index >= 15 is 0 Å². The number of pyridine rings is 1. The summed E-state index contributed by atoms with van der Waals surface area (Å²) in [6.45, 7) is 2.86. The molecule has 0 amide bonds. The lowest BCUT2D eigenvalue weighted by Gasteiger charge is -2.06. The van der Waals surface area contributed by atoms with Crippen molar-refractivity contribution in [1.29, 1.82) is 0 Å². The van der Waals surface area contributed by atoms with Gasteiger partial charge in [0.05, 0.1) is 18.6 Å². The monoisotopic (exact) mass is 458 g/mol. The maximum atomic E-state index is 9.75. The fourth-order valence-corrected chi connectivity index (χ4v) is 3.20. The van der Waals surface area contributed by atoms with Crippen molar-refractivity contribution in [2.45, 2.75) is 19.9 Å². The van der Waals surface area contributed by atoms with Gasteiger partial charge in [0.2, 0.25) is 5.36 Å². The number of nitrogens with one attached hydrogen (secondary N) is 1. The Morgan fingerprint density at radius 2 is 1.70 bits per heavy atom. The van der Waals surface area contributed by atoms with E-state index in [0.29, 0.717) is 6.54 Å². The van der Waals surface area contributed by atoms with Gasteiger partial charge in [0.15, 0.2) is 6.54 Å². The summed E-state index contributed by atoms with van der Waals surface area (Å²) in [5, 5.41) is 2.13. The molecule has 0 aliphatic carbocycles. The standard InChI is InChI=1S/C24H22N2O2.BF4/c1-3-17-6-11-23-21(13-17)22(26-16-18-5-4-12-25-15-18)14-24(28-23)19-7-9-20(27-2)10-8-19;2-1(3,4)5/h4-15H,3,16H2,1-2H3;/q;-1/p+1. The van der Waals surface area contributed by atoms with Crippen LogP contribution < -0.4 is 15.1 Å². The highest BCUT2D eigenvalue weighted by molar-refractivity contribution is 6.50. The van der Waals surface area contributed by atoms with Crippen molar-refractivity contribution in [3.8, 4) is 17.1 Å². The van der Waals surface area contributed by atoms with Gasteiger partial charge in [-0.25, -0.2) is 4.99 Å². The molecule has 0 radical (unpaired) electrons. The van der Waals surface area contributed by atoms with Gasteiger partial charge in [-0.3, -0.25) is 4.98 Å². The summed E-state index contributed by atoms with van der Waals surface area (Å²) in [5.41, 5.74) is 4.28. The predicted molar refractivity (Wildman–Crippen MR) is 120 cm³/mol. The van der Waals surface area contributed by atoms with Gasteiger partial charge in [-0.05, 0) is 60.5 Å². The number of hydrogen-bond donors (Lipinski definition) is 1. The van der Waals surface area contributed by atoms with Gasteiger partial charge in [-0.15, -0.1) is 0 Å². The number of fused-ring (bicyclic) bond motifs is 1. The smallest absolute Gasteiger partial charge is 0.497 e. The summed E-state index contributed by atoms with van der Waals surface area (Å²) in [6.07, 6.45) is 4.65. The van der Waals surface area contributed by atoms with E-state index in [1.165, 1.54) is 5.56 Å². The number of benzene rings is 2. The Morgan fingerprint density at radius 3 is 2.30 bits per heavy atom. The second kappa shape index (κ2) is 10.8. The number of nitrogens with zero attached hydrogens (tertiary/aromatic N) is 1. The SMILES string of the molecule is CCc1ccc2oc(-c3ccc(OC)cc3)cc(=[NH+]Cc3cccnc3)c2c1.F[B-](F)(F)F. The van der Waals surface area contributed by atoms with Crippen molar-refractivity contribution in [3.05, 3.63) is 89.5 Å². The highest BCUT2D eigenvalue weighted by Crippen LogP contribution is 2.24. The van der Waals surface area contributed by atoms with Crippen molar-refractivity contribution >= 4 is 18.2 Å². The first-order valence-corrected chi connectivity index (χ1v) is 10.3. The number of ether oxygens (including phenoxy) is 1. The molecule has 0 bridgehead atoms. The van der Waals surface area contributed by atoms with Crippen LogP contribution in [-0.4, -0.2) is 19.3 Å². The van der Waals surface area contributed by atoms with E-state index in [-0.39, 0.29) is 0 Å². The van der Waals surface area contributed by atoms with Gasteiger partial charge >= 0.3 is 7.25 Å². The highest BCUT2D eigenvalue weighted by atomic mass is 19.5. The Bertz CT molecular complexity index is 1250. The second-order valence-corrected chi connectivity index (χ2v) is 7.15. The number of rotatable bonds is 5. The molecule has 0 aliphatic heterocycles. The Hall–Kier alpha value is -3.62. The molecule has 2 heterocycles. The Morgan fingerprint density at radius 1 is 0.970 bits per heavy atom. The molecule has 0 fully saturated rings. The molecule has 0 spiro atoms. The van der Waals surface area contributed by atoms with Crippen LogP contribution in [0.1, 0.15) is 18.1 Å². The van der Waals surface area contributed by atoms with Gasteiger partial charge in [0.25, 0.3) is 0 Å². The van der Waals surface area contributed by atoms with Crippen molar-refractivity contribution in [1.82, 2.24) is 4.98 Å². The maximum absolute atomic E-state index is 9.75. The van der Waals surface area contributed by atoms with Gasteiger partial charge in [-0.1, -0.05) is 13.0 Å². The maximum Gasteiger partial charge on any atom is 0.673 e. The average Bonchev–Trinajstić information content (AvgIpc) is 2.81. The van der Waals surface area contributed by atoms with E-state index in [9.17, 15) is 17.3 Å². The molecule has 4 rings (SSSR count). The fraction of sp³-hybridized carbons (Fsp3) is 0.167. The molecule has 0 aliphatic rings. The lowest BCUT2D eigenvalue weighted by Crippen LogP contribution is -2.75. The van der Waals surface area contributed by atoms with Crippen LogP contribution in [-0.2, 0) is 13.0 Å². The third-order valence-electron chi connectivity index (χ3n) is 4.82. The van der Waals surface area contributed by atoms with Crippen LogP contribution in [0.5, 0.6) is 5.75 Å². The summed E-state index contributed by atoms with van der Waals surface area (Å²) >= 11 is 0. The zero-order valence-electron chi connectivity index (χ0n) is 18.2. The molecule has 9 heteroatoms. The van der Waals surface area contributed by atoms with E-state index in [4.69, 9.17) is 9.15 Å². The van der Waals surface area contributed by atoms with Crippen LogP contribution in [0.3, 0.4) is 0 Å². The zero-order chi connectivity index (χ0) is 23.8. The molecular formula is C24H23BF4N2O2. The minimum Gasteiger partial charge on any atom is -0.497 e. The molecule has 172 valence electrons. The molecule has 0 atom stereocenters. The molecule has 1 N–H and O–H groups in total. The number of aryl methyl sites for hydroxylation is 1. The summed E-state index contributed by atoms with van der Waals surface area (Å²) in [5.74, 6) is 1.64. The first-order chi connectivity index (χ1) is 15.8. The van der Waals surface area contributed by atoms with E-state index in [2.05, 4.69) is 47.2 Å². The lowest BCUT2D eigenvalue weighted by atomic mass is 10.1. The highest BCUT2D eigenvalue weighted by Gasteiger charge is 2.20. The Balaban J connectivity index is 0.000000555. The van der Waals surface area contributed by atoms with Gasteiger partial charge in [0, 0.05) is 23.5 Å². The quantitative estimate of drug-likeness (QED) is 0.353. The van der Waals surface area contributed by atoms with E-state index in [1.54, 1.807) is 13.3 Å². The largest absolute Gasteiger partial charge is 0.673 e. The molecule has 0 saturated heterocycles. The number of aromatic nitrogens is 1. The van der Waals surface area contributed by atoms with Crippen LogP contribution in [0.25, 0.3) is 22.3 Å². The summed E-state index contributed by atoms with van der Waals surface area (Å²) in [6, 6.07) is 20.4. The minimum absolute atomic E-state index is 0.700. The van der Waals surface area contributed by atoms with Crippen molar-refractivity contribution in [3.63, 3.8) is 0 Å². The van der Waals surface area contributed by atoms with Gasteiger partial charge in [0.1, 0.15) is 17.1 Å². The van der Waals surface area contributed by atoms with Crippen LogP contribution in [0.2, 0.25) is 0 Å². The molecule has 4 nitrogen and oxygen atoms in total. The number of methoxy groups -OCH3 is 1. The lowest BCUT2D eigenvalue weighted by molar-refractivity contribution is -0.516. The molecule has 0 saturated carbocycles. The summed E-state index contributed by atoms with van der Waals surface area (Å²) in [7, 11) is -4.33. The zero-order valence-corrected chi connectivity index (χ0v) is 18.2. The third-order valence-corrected chi connectivity index (χ3v) is 4.82. The summed E-state index contributed by atoms with van der Waals surface area (Å²) in [4.78, 5) is 7.76. The normalized spacial score (nSPS) is 11.8. The van der Waals surface area contributed by atoms with E-state index in [0.717, 1.165) is 45.4 Å². The number of halogens is 4. The van der Waals surface area contributed by atoms with Crippen LogP contribution in [0, 0.1) is 0 Å². The van der Waals surface area contributed by atoms with Gasteiger partial charge in [-0.2, -0.15) is 0 Å². The first-order valence-electron chi connectivity index (χ1n) is 10.3.